The topological polar surface area (TPSA) is 38.7 Å². The van der Waals surface area contributed by atoms with Crippen LogP contribution in [0.15, 0.2) is 24.5 Å². The van der Waals surface area contributed by atoms with E-state index in [2.05, 4.69) is 0 Å². The van der Waals surface area contributed by atoms with Crippen LogP contribution in [0.4, 0.5) is 4.39 Å². The Bertz CT molecular complexity index is 361. The highest BCUT2D eigenvalue weighted by Gasteiger charge is 2.07. The highest BCUT2D eigenvalue weighted by Crippen LogP contribution is 2.30. The van der Waals surface area contributed by atoms with Gasteiger partial charge in [-0.15, -0.1) is 0 Å². The summed E-state index contributed by atoms with van der Waals surface area (Å²) in [5.41, 5.74) is 0.772. The summed E-state index contributed by atoms with van der Waals surface area (Å²) in [5.74, 6) is 1.07. The molecule has 3 nitrogen and oxygen atoms in total. The van der Waals surface area contributed by atoms with E-state index in [1.54, 1.807) is 18.2 Å². The van der Waals surface area contributed by atoms with Gasteiger partial charge in [-0.05, 0) is 17.7 Å². The number of methoxy groups -OCH3 is 2. The number of halogens is 1. The van der Waals surface area contributed by atoms with Gasteiger partial charge in [0, 0.05) is 5.57 Å². The second kappa shape index (κ2) is 5.36. The van der Waals surface area contributed by atoms with Crippen molar-refractivity contribution in [2.45, 2.75) is 0 Å². The van der Waals surface area contributed by atoms with Gasteiger partial charge in [0.05, 0.1) is 27.2 Å². The minimum Gasteiger partial charge on any atom is -0.493 e. The van der Waals surface area contributed by atoms with Crippen molar-refractivity contribution in [3.8, 4) is 11.5 Å². The summed E-state index contributed by atoms with van der Waals surface area (Å²) in [6.45, 7) is -0.355. The van der Waals surface area contributed by atoms with Crippen molar-refractivity contribution < 1.29 is 19.0 Å². The first-order chi connectivity index (χ1) is 7.26. The molecule has 0 unspecified atom stereocenters. The van der Waals surface area contributed by atoms with Gasteiger partial charge in [0.2, 0.25) is 0 Å². The highest BCUT2D eigenvalue weighted by atomic mass is 19.1. The van der Waals surface area contributed by atoms with Crippen LogP contribution < -0.4 is 9.47 Å². The molecule has 0 aromatic heterocycles. The lowest BCUT2D eigenvalue weighted by atomic mass is 10.1. The SMILES string of the molecule is COc1ccc(C(=CF)CO)cc1OC. The Morgan fingerprint density at radius 1 is 1.33 bits per heavy atom. The molecule has 0 radical (unpaired) electrons. The quantitative estimate of drug-likeness (QED) is 0.829. The molecule has 0 saturated carbocycles. The van der Waals surface area contributed by atoms with Crippen LogP contribution >= 0.6 is 0 Å². The van der Waals surface area contributed by atoms with E-state index < -0.39 is 0 Å². The molecule has 15 heavy (non-hydrogen) atoms. The van der Waals surface area contributed by atoms with Crippen LogP contribution in [0.1, 0.15) is 5.56 Å². The first-order valence-corrected chi connectivity index (χ1v) is 4.39. The molecule has 0 heterocycles. The van der Waals surface area contributed by atoms with E-state index in [9.17, 15) is 4.39 Å². The Morgan fingerprint density at radius 2 is 2.00 bits per heavy atom. The van der Waals surface area contributed by atoms with E-state index in [0.717, 1.165) is 0 Å². The fourth-order valence-electron chi connectivity index (χ4n) is 1.22. The van der Waals surface area contributed by atoms with Crippen molar-refractivity contribution in [2.24, 2.45) is 0 Å². The maximum atomic E-state index is 12.4. The predicted octanol–water partition coefficient (Wildman–Crippen LogP) is 2.01. The summed E-state index contributed by atoms with van der Waals surface area (Å²) in [6.07, 6.45) is 0.376. The molecule has 0 bridgehead atoms. The molecule has 0 aliphatic carbocycles. The van der Waals surface area contributed by atoms with E-state index in [1.807, 2.05) is 0 Å². The van der Waals surface area contributed by atoms with Gasteiger partial charge in [-0.2, -0.15) is 0 Å². The summed E-state index contributed by atoms with van der Waals surface area (Å²) >= 11 is 0. The molecule has 1 aromatic rings. The van der Waals surface area contributed by atoms with Crippen LogP contribution in [0.2, 0.25) is 0 Å². The third kappa shape index (κ3) is 2.47. The number of benzene rings is 1. The van der Waals surface area contributed by atoms with Crippen molar-refractivity contribution in [1.82, 2.24) is 0 Å². The lowest BCUT2D eigenvalue weighted by Gasteiger charge is -2.09. The van der Waals surface area contributed by atoms with Gasteiger partial charge in [-0.3, -0.25) is 0 Å². The smallest absolute Gasteiger partial charge is 0.161 e. The van der Waals surface area contributed by atoms with Crippen LogP contribution in [0, 0.1) is 0 Å². The Labute approximate surface area is 87.8 Å². The van der Waals surface area contributed by atoms with Gasteiger partial charge in [-0.25, -0.2) is 4.39 Å². The molecule has 1 aromatic carbocycles. The van der Waals surface area contributed by atoms with E-state index in [-0.39, 0.29) is 12.2 Å². The van der Waals surface area contributed by atoms with E-state index >= 15 is 0 Å². The zero-order valence-electron chi connectivity index (χ0n) is 8.66. The summed E-state index contributed by atoms with van der Waals surface area (Å²) < 4.78 is 22.5. The van der Waals surface area contributed by atoms with Crippen molar-refractivity contribution >= 4 is 5.57 Å². The molecule has 0 atom stereocenters. The lowest BCUT2D eigenvalue weighted by molar-refractivity contribution is 0.347. The molecule has 0 saturated heterocycles. The second-order valence-electron chi connectivity index (χ2n) is 2.86. The molecule has 82 valence electrons. The Hall–Kier alpha value is -1.55. The number of hydrogen-bond donors (Lipinski definition) is 1. The average Bonchev–Trinajstić information content (AvgIpc) is 2.30. The Kier molecular flexibility index (Phi) is 4.12. The predicted molar refractivity (Wildman–Crippen MR) is 55.7 cm³/mol. The molecule has 0 amide bonds. The number of aliphatic hydroxyl groups excluding tert-OH is 1. The van der Waals surface area contributed by atoms with Crippen LogP contribution in [0.3, 0.4) is 0 Å². The summed E-state index contributed by atoms with van der Waals surface area (Å²) in [7, 11) is 3.02. The van der Waals surface area contributed by atoms with E-state index in [0.29, 0.717) is 23.4 Å². The fraction of sp³-hybridized carbons (Fsp3) is 0.273. The van der Waals surface area contributed by atoms with Gasteiger partial charge in [-0.1, -0.05) is 6.07 Å². The summed E-state index contributed by atoms with van der Waals surface area (Å²) in [5, 5.41) is 8.89. The molecule has 1 N–H and O–H groups in total. The van der Waals surface area contributed by atoms with Gasteiger partial charge >= 0.3 is 0 Å². The maximum Gasteiger partial charge on any atom is 0.161 e. The second-order valence-corrected chi connectivity index (χ2v) is 2.86. The minimum absolute atomic E-state index is 0.205. The minimum atomic E-state index is -0.355. The highest BCUT2D eigenvalue weighted by molar-refractivity contribution is 5.67. The van der Waals surface area contributed by atoms with Crippen molar-refractivity contribution in [3.63, 3.8) is 0 Å². The summed E-state index contributed by atoms with van der Waals surface area (Å²) in [6, 6.07) is 4.93. The molecular formula is C11H13FO3. The Balaban J connectivity index is 3.13. The molecule has 4 heteroatoms. The van der Waals surface area contributed by atoms with E-state index in [4.69, 9.17) is 14.6 Å². The number of ether oxygens (including phenoxy) is 2. The van der Waals surface area contributed by atoms with Crippen molar-refractivity contribution in [2.75, 3.05) is 20.8 Å². The molecule has 1 rings (SSSR count). The molecule has 0 aliphatic rings. The third-order valence-electron chi connectivity index (χ3n) is 2.06. The third-order valence-corrected chi connectivity index (χ3v) is 2.06. The number of hydrogen-bond acceptors (Lipinski definition) is 3. The van der Waals surface area contributed by atoms with Crippen LogP contribution in [-0.2, 0) is 0 Å². The van der Waals surface area contributed by atoms with E-state index in [1.165, 1.54) is 14.2 Å². The average molecular weight is 212 g/mol. The van der Waals surface area contributed by atoms with Gasteiger partial charge in [0.25, 0.3) is 0 Å². The first kappa shape index (κ1) is 11.5. The zero-order chi connectivity index (χ0) is 11.3. The summed E-state index contributed by atoms with van der Waals surface area (Å²) in [4.78, 5) is 0. The molecule has 0 spiro atoms. The molecule has 0 fully saturated rings. The maximum absolute atomic E-state index is 12.4. The standard InChI is InChI=1S/C11H13FO3/c1-14-10-4-3-8(5-11(10)15-2)9(6-12)7-13/h3-6,13H,7H2,1-2H3. The van der Waals surface area contributed by atoms with Gasteiger partial charge < -0.3 is 14.6 Å². The number of rotatable bonds is 4. The van der Waals surface area contributed by atoms with Crippen LogP contribution in [-0.4, -0.2) is 25.9 Å². The van der Waals surface area contributed by atoms with Crippen molar-refractivity contribution in [3.05, 3.63) is 30.1 Å². The van der Waals surface area contributed by atoms with Crippen LogP contribution in [0.5, 0.6) is 11.5 Å². The van der Waals surface area contributed by atoms with Crippen molar-refractivity contribution in [1.29, 1.82) is 0 Å². The molecule has 0 aliphatic heterocycles. The fourth-order valence-corrected chi connectivity index (χ4v) is 1.22. The normalized spacial score (nSPS) is 11.3. The Morgan fingerprint density at radius 3 is 2.47 bits per heavy atom. The largest absolute Gasteiger partial charge is 0.493 e. The van der Waals surface area contributed by atoms with Gasteiger partial charge in [0.1, 0.15) is 0 Å². The molecular weight excluding hydrogens is 199 g/mol. The lowest BCUT2D eigenvalue weighted by Crippen LogP contribution is -1.94. The zero-order valence-corrected chi connectivity index (χ0v) is 8.66. The van der Waals surface area contributed by atoms with Gasteiger partial charge in [0.15, 0.2) is 11.5 Å². The first-order valence-electron chi connectivity index (χ1n) is 4.39. The van der Waals surface area contributed by atoms with Crippen LogP contribution in [0.25, 0.3) is 5.57 Å². The monoisotopic (exact) mass is 212 g/mol. The number of aliphatic hydroxyl groups is 1.